The number of esters is 3. The molecule has 1 aliphatic heterocycles. The lowest BCUT2D eigenvalue weighted by Gasteiger charge is -2.33. The number of nitrogens with zero attached hydrogens (tertiary/aromatic N) is 1. The zero-order valence-corrected chi connectivity index (χ0v) is 26.9. The topological polar surface area (TPSA) is 137 Å². The molecule has 0 bridgehead atoms. The second-order valence-corrected chi connectivity index (χ2v) is 12.9. The van der Waals surface area contributed by atoms with Gasteiger partial charge in [0, 0.05) is 29.9 Å². The Morgan fingerprint density at radius 1 is 0.978 bits per heavy atom. The molecule has 1 N–H and O–H groups in total. The predicted octanol–water partition coefficient (Wildman–Crippen LogP) is 6.06. The number of carbonyl (C=O) groups is 3. The van der Waals surface area contributed by atoms with Crippen molar-refractivity contribution in [2.45, 2.75) is 37.8 Å². The maximum absolute atomic E-state index is 12.8. The highest BCUT2D eigenvalue weighted by molar-refractivity contribution is 7.85. The van der Waals surface area contributed by atoms with Crippen LogP contribution in [-0.4, -0.2) is 49.4 Å². The first-order chi connectivity index (χ1) is 21.4. The molecule has 10 nitrogen and oxygen atoms in total. The van der Waals surface area contributed by atoms with E-state index in [9.17, 15) is 22.8 Å². The van der Waals surface area contributed by atoms with Crippen molar-refractivity contribution >= 4 is 51.0 Å². The average Bonchev–Trinajstić information content (AvgIpc) is 3.39. The number of rotatable bonds is 7. The molecule has 1 atom stereocenters. The van der Waals surface area contributed by atoms with E-state index in [0.717, 1.165) is 16.0 Å². The van der Waals surface area contributed by atoms with Crippen LogP contribution in [0.1, 0.15) is 44.9 Å². The maximum Gasteiger partial charge on any atom is 0.348 e. The summed E-state index contributed by atoms with van der Waals surface area (Å²) in [6.45, 7) is 4.19. The summed E-state index contributed by atoms with van der Waals surface area (Å²) in [4.78, 5) is 39.8. The number of hydrogen-bond acceptors (Lipinski definition) is 10. The van der Waals surface area contributed by atoms with Gasteiger partial charge in [0.15, 0.2) is 5.06 Å². The van der Waals surface area contributed by atoms with E-state index in [1.165, 1.54) is 43.6 Å². The molecule has 0 spiro atoms. The summed E-state index contributed by atoms with van der Waals surface area (Å²) in [5, 5.41) is 0.928. The molecule has 0 aliphatic carbocycles. The fourth-order valence-electron chi connectivity index (χ4n) is 4.62. The van der Waals surface area contributed by atoms with Gasteiger partial charge in [-0.1, -0.05) is 59.6 Å². The summed E-state index contributed by atoms with van der Waals surface area (Å²) >= 11 is 7.77. The summed E-state index contributed by atoms with van der Waals surface area (Å²) in [7, 11) is -2.66. The van der Waals surface area contributed by atoms with Gasteiger partial charge in [-0.05, 0) is 60.9 Å². The third-order valence-electron chi connectivity index (χ3n) is 6.74. The van der Waals surface area contributed by atoms with Gasteiger partial charge in [0.25, 0.3) is 10.1 Å². The lowest BCUT2D eigenvalue weighted by Crippen LogP contribution is -2.38. The fraction of sp³-hybridized carbons (Fsp3) is 0.219. The molecule has 1 aromatic heterocycles. The molecule has 0 fully saturated rings. The average molecular weight is 672 g/mol. The molecule has 3 aromatic carbocycles. The van der Waals surface area contributed by atoms with Crippen LogP contribution in [0.4, 0.5) is 0 Å². The standard InChI is InChI=1S/C25H22ClNO6S.C7H8O3S/c1-15(28)32-20-10-6-4-8-18(20)24(29)33-22-13-16-14-27(12-11-21(16)34-22)23(25(30)31-2)17-7-3-5-9-19(17)26;1-6-2-4-7(5-3-6)11(8,9)10/h3-10,13,23H,11-12,14H2,1-2H3;2-5H,1H3,(H,8,9,10). The summed E-state index contributed by atoms with van der Waals surface area (Å²) in [5.74, 6) is -1.38. The third-order valence-corrected chi connectivity index (χ3v) is 9.06. The van der Waals surface area contributed by atoms with Gasteiger partial charge in [-0.15, -0.1) is 11.3 Å². The molecule has 0 saturated carbocycles. The number of benzene rings is 3. The highest BCUT2D eigenvalue weighted by Gasteiger charge is 2.33. The Kier molecular flexibility index (Phi) is 11.1. The minimum absolute atomic E-state index is 0.0666. The van der Waals surface area contributed by atoms with Gasteiger partial charge >= 0.3 is 17.9 Å². The quantitative estimate of drug-likeness (QED) is 0.140. The van der Waals surface area contributed by atoms with Crippen molar-refractivity contribution < 1.29 is 41.6 Å². The van der Waals surface area contributed by atoms with Crippen LogP contribution in [0.15, 0.2) is 83.8 Å². The Morgan fingerprint density at radius 3 is 2.29 bits per heavy atom. The Morgan fingerprint density at radius 2 is 1.64 bits per heavy atom. The number of aryl methyl sites for hydroxylation is 1. The molecular weight excluding hydrogens is 642 g/mol. The van der Waals surface area contributed by atoms with Gasteiger partial charge in [0.1, 0.15) is 17.4 Å². The minimum Gasteiger partial charge on any atom is -0.468 e. The van der Waals surface area contributed by atoms with Gasteiger partial charge < -0.3 is 14.2 Å². The Bertz CT molecular complexity index is 1800. The zero-order valence-electron chi connectivity index (χ0n) is 24.6. The number of fused-ring (bicyclic) bond motifs is 1. The number of para-hydroxylation sites is 1. The largest absolute Gasteiger partial charge is 0.468 e. The van der Waals surface area contributed by atoms with Crippen molar-refractivity contribution in [3.05, 3.63) is 111 Å². The molecule has 1 unspecified atom stereocenters. The van der Waals surface area contributed by atoms with Crippen molar-refractivity contribution in [1.29, 1.82) is 0 Å². The molecule has 13 heteroatoms. The molecule has 0 radical (unpaired) electrons. The van der Waals surface area contributed by atoms with Crippen LogP contribution in [0, 0.1) is 6.92 Å². The van der Waals surface area contributed by atoms with E-state index in [4.69, 9.17) is 30.4 Å². The van der Waals surface area contributed by atoms with Crippen molar-refractivity contribution in [2.75, 3.05) is 13.7 Å². The van der Waals surface area contributed by atoms with Crippen molar-refractivity contribution in [2.24, 2.45) is 0 Å². The highest BCUT2D eigenvalue weighted by Crippen LogP contribution is 2.38. The number of methoxy groups -OCH3 is 1. The summed E-state index contributed by atoms with van der Waals surface area (Å²) < 4.78 is 45.3. The van der Waals surface area contributed by atoms with Crippen LogP contribution in [-0.2, 0) is 37.4 Å². The molecule has 236 valence electrons. The second kappa shape index (κ2) is 14.8. The molecule has 5 rings (SSSR count). The van der Waals surface area contributed by atoms with Crippen LogP contribution < -0.4 is 9.47 Å². The first-order valence-corrected chi connectivity index (χ1v) is 16.2. The first-order valence-electron chi connectivity index (χ1n) is 13.6. The predicted molar refractivity (Wildman–Crippen MR) is 168 cm³/mol. The summed E-state index contributed by atoms with van der Waals surface area (Å²) in [6, 6.07) is 20.8. The zero-order chi connectivity index (χ0) is 32.7. The molecule has 2 heterocycles. The maximum atomic E-state index is 12.8. The summed E-state index contributed by atoms with van der Waals surface area (Å²) in [6.07, 6.45) is 0.680. The van der Waals surface area contributed by atoms with Crippen LogP contribution in [0.25, 0.3) is 0 Å². The molecule has 45 heavy (non-hydrogen) atoms. The van der Waals surface area contributed by atoms with Crippen molar-refractivity contribution in [3.63, 3.8) is 0 Å². The smallest absolute Gasteiger partial charge is 0.348 e. The van der Waals surface area contributed by atoms with E-state index in [2.05, 4.69) is 0 Å². The molecule has 4 aromatic rings. The Balaban J connectivity index is 0.000000354. The van der Waals surface area contributed by atoms with E-state index in [1.807, 2.05) is 30.0 Å². The molecule has 1 aliphatic rings. The van der Waals surface area contributed by atoms with Crippen LogP contribution in [0.3, 0.4) is 0 Å². The number of carbonyl (C=O) groups excluding carboxylic acids is 3. The Labute approximate surface area is 269 Å². The van der Waals surface area contributed by atoms with Crippen LogP contribution in [0.2, 0.25) is 5.02 Å². The number of thiophene rings is 1. The normalized spacial score (nSPS) is 13.4. The van der Waals surface area contributed by atoms with E-state index in [-0.39, 0.29) is 22.2 Å². The first kappa shape index (κ1) is 33.8. The van der Waals surface area contributed by atoms with E-state index in [1.54, 1.807) is 42.5 Å². The second-order valence-electron chi connectivity index (χ2n) is 9.95. The number of ether oxygens (including phenoxy) is 3. The van der Waals surface area contributed by atoms with Gasteiger partial charge in [-0.2, -0.15) is 8.42 Å². The lowest BCUT2D eigenvalue weighted by molar-refractivity contribution is -0.147. The molecule has 0 saturated heterocycles. The van der Waals surface area contributed by atoms with Gasteiger partial charge in [0.05, 0.1) is 12.0 Å². The summed E-state index contributed by atoms with van der Waals surface area (Å²) in [5.41, 5.74) is 2.77. The third kappa shape index (κ3) is 8.77. The van der Waals surface area contributed by atoms with Crippen LogP contribution in [0.5, 0.6) is 10.8 Å². The van der Waals surface area contributed by atoms with Crippen molar-refractivity contribution in [1.82, 2.24) is 4.90 Å². The lowest BCUT2D eigenvalue weighted by atomic mass is 10.0. The van der Waals surface area contributed by atoms with E-state index in [0.29, 0.717) is 35.2 Å². The van der Waals surface area contributed by atoms with Crippen molar-refractivity contribution in [3.8, 4) is 10.8 Å². The van der Waals surface area contributed by atoms with Gasteiger partial charge in [0.2, 0.25) is 0 Å². The molecule has 0 amide bonds. The minimum atomic E-state index is -4.02. The highest BCUT2D eigenvalue weighted by atomic mass is 35.5. The number of hydrogen-bond donors (Lipinski definition) is 1. The van der Waals surface area contributed by atoms with E-state index >= 15 is 0 Å². The number of halogens is 1. The van der Waals surface area contributed by atoms with Gasteiger partial charge in [-0.3, -0.25) is 14.2 Å². The SMILES string of the molecule is COC(=O)C(c1ccccc1Cl)N1CCc2sc(OC(=O)c3ccccc3OC(C)=O)cc2C1.Cc1ccc(S(=O)(=O)O)cc1. The van der Waals surface area contributed by atoms with Crippen LogP contribution >= 0.6 is 22.9 Å². The Hall–Kier alpha value is -4.07. The van der Waals surface area contributed by atoms with E-state index < -0.39 is 28.1 Å². The fourth-order valence-corrected chi connectivity index (χ4v) is 6.34. The monoisotopic (exact) mass is 671 g/mol. The molecular formula is C32H30ClNO9S2. The van der Waals surface area contributed by atoms with Gasteiger partial charge in [-0.25, -0.2) is 9.59 Å².